The summed E-state index contributed by atoms with van der Waals surface area (Å²) in [6, 6.07) is 7.08. The SMILES string of the molecule is COc1ccccc1OCCCS(=O)(=O)O. The minimum atomic E-state index is -3.91. The van der Waals surface area contributed by atoms with E-state index in [4.69, 9.17) is 14.0 Å². The van der Waals surface area contributed by atoms with Gasteiger partial charge in [-0.2, -0.15) is 8.42 Å². The van der Waals surface area contributed by atoms with Crippen molar-refractivity contribution in [2.75, 3.05) is 19.5 Å². The first-order chi connectivity index (χ1) is 7.53. The molecule has 1 aromatic rings. The Morgan fingerprint density at radius 3 is 2.44 bits per heavy atom. The average Bonchev–Trinajstić information content (AvgIpc) is 2.23. The minimum Gasteiger partial charge on any atom is -0.493 e. The molecule has 0 bridgehead atoms. The lowest BCUT2D eigenvalue weighted by molar-refractivity contribution is 0.293. The molecule has 1 aromatic carbocycles. The molecule has 0 amide bonds. The third kappa shape index (κ3) is 4.50. The number of para-hydroxylation sites is 2. The molecular weight excluding hydrogens is 232 g/mol. The van der Waals surface area contributed by atoms with Crippen molar-refractivity contribution in [2.45, 2.75) is 6.42 Å². The van der Waals surface area contributed by atoms with Crippen molar-refractivity contribution in [2.24, 2.45) is 0 Å². The van der Waals surface area contributed by atoms with Crippen molar-refractivity contribution in [3.05, 3.63) is 24.3 Å². The van der Waals surface area contributed by atoms with E-state index in [9.17, 15) is 8.42 Å². The van der Waals surface area contributed by atoms with Gasteiger partial charge in [-0.05, 0) is 18.6 Å². The Bertz CT molecular complexity index is 427. The highest BCUT2D eigenvalue weighted by Crippen LogP contribution is 2.25. The van der Waals surface area contributed by atoms with Gasteiger partial charge < -0.3 is 9.47 Å². The molecule has 0 fully saturated rings. The van der Waals surface area contributed by atoms with Crippen LogP contribution in [0, 0.1) is 0 Å². The smallest absolute Gasteiger partial charge is 0.264 e. The Kier molecular flexibility index (Phi) is 4.57. The third-order valence-electron chi connectivity index (χ3n) is 1.87. The molecule has 16 heavy (non-hydrogen) atoms. The first kappa shape index (κ1) is 12.8. The largest absolute Gasteiger partial charge is 0.493 e. The highest BCUT2D eigenvalue weighted by molar-refractivity contribution is 7.85. The van der Waals surface area contributed by atoms with E-state index in [0.717, 1.165) is 0 Å². The van der Waals surface area contributed by atoms with Crippen LogP contribution in [0.25, 0.3) is 0 Å². The Labute approximate surface area is 94.7 Å². The Morgan fingerprint density at radius 2 is 1.88 bits per heavy atom. The molecule has 5 nitrogen and oxygen atoms in total. The molecule has 0 radical (unpaired) electrons. The topological polar surface area (TPSA) is 72.8 Å². The summed E-state index contributed by atoms with van der Waals surface area (Å²) >= 11 is 0. The quantitative estimate of drug-likeness (QED) is 0.606. The molecule has 6 heteroatoms. The zero-order valence-corrected chi connectivity index (χ0v) is 9.74. The summed E-state index contributed by atoms with van der Waals surface area (Å²) in [4.78, 5) is 0. The molecule has 1 N–H and O–H groups in total. The average molecular weight is 246 g/mol. The summed E-state index contributed by atoms with van der Waals surface area (Å²) in [7, 11) is -2.38. The monoisotopic (exact) mass is 246 g/mol. The van der Waals surface area contributed by atoms with Crippen LogP contribution in [0.4, 0.5) is 0 Å². The summed E-state index contributed by atoms with van der Waals surface area (Å²) in [6.07, 6.45) is 0.233. The van der Waals surface area contributed by atoms with Crippen LogP contribution in [0.1, 0.15) is 6.42 Å². The number of hydrogen-bond donors (Lipinski definition) is 1. The fraction of sp³-hybridized carbons (Fsp3) is 0.400. The molecule has 0 aliphatic rings. The van der Waals surface area contributed by atoms with Gasteiger partial charge >= 0.3 is 0 Å². The molecule has 0 aromatic heterocycles. The van der Waals surface area contributed by atoms with E-state index in [1.165, 1.54) is 7.11 Å². The fourth-order valence-corrected chi connectivity index (χ4v) is 1.64. The lowest BCUT2D eigenvalue weighted by atomic mass is 10.3. The lowest BCUT2D eigenvalue weighted by Gasteiger charge is -2.09. The number of methoxy groups -OCH3 is 1. The van der Waals surface area contributed by atoms with Gasteiger partial charge in [-0.15, -0.1) is 0 Å². The van der Waals surface area contributed by atoms with E-state index in [1.807, 2.05) is 6.07 Å². The lowest BCUT2D eigenvalue weighted by Crippen LogP contribution is -2.08. The standard InChI is InChI=1S/C10H14O5S/c1-14-9-5-2-3-6-10(9)15-7-4-8-16(11,12)13/h2-3,5-6H,4,7-8H2,1H3,(H,11,12,13). The van der Waals surface area contributed by atoms with Crippen molar-refractivity contribution in [1.82, 2.24) is 0 Å². The Morgan fingerprint density at radius 1 is 1.25 bits per heavy atom. The van der Waals surface area contributed by atoms with Gasteiger partial charge in [0.05, 0.1) is 19.5 Å². The third-order valence-corrected chi connectivity index (χ3v) is 2.68. The van der Waals surface area contributed by atoms with Gasteiger partial charge in [-0.3, -0.25) is 4.55 Å². The van der Waals surface area contributed by atoms with Gasteiger partial charge in [0.1, 0.15) is 0 Å². The van der Waals surface area contributed by atoms with Gasteiger partial charge in [0.15, 0.2) is 11.5 Å². The second kappa shape index (κ2) is 5.72. The number of ether oxygens (including phenoxy) is 2. The Hall–Kier alpha value is -1.27. The number of benzene rings is 1. The molecular formula is C10H14O5S. The fourth-order valence-electron chi connectivity index (χ4n) is 1.16. The zero-order chi connectivity index (χ0) is 12.0. The summed E-state index contributed by atoms with van der Waals surface area (Å²) in [5.41, 5.74) is 0. The van der Waals surface area contributed by atoms with E-state index in [-0.39, 0.29) is 18.8 Å². The maximum atomic E-state index is 10.4. The summed E-state index contributed by atoms with van der Waals surface area (Å²) < 4.78 is 39.8. The van der Waals surface area contributed by atoms with Crippen LogP contribution in [0.15, 0.2) is 24.3 Å². The molecule has 0 aliphatic heterocycles. The van der Waals surface area contributed by atoms with Crippen LogP contribution in [0.2, 0.25) is 0 Å². The van der Waals surface area contributed by atoms with Gasteiger partial charge in [0.25, 0.3) is 10.1 Å². The molecule has 0 unspecified atom stereocenters. The maximum Gasteiger partial charge on any atom is 0.264 e. The van der Waals surface area contributed by atoms with Crippen LogP contribution in [-0.2, 0) is 10.1 Å². The van der Waals surface area contributed by atoms with E-state index in [0.29, 0.717) is 11.5 Å². The molecule has 0 saturated carbocycles. The maximum absolute atomic E-state index is 10.4. The molecule has 0 aliphatic carbocycles. The van der Waals surface area contributed by atoms with Gasteiger partial charge in [-0.25, -0.2) is 0 Å². The predicted octanol–water partition coefficient (Wildman–Crippen LogP) is 1.35. The molecule has 90 valence electrons. The molecule has 0 saturated heterocycles. The first-order valence-electron chi connectivity index (χ1n) is 4.74. The van der Waals surface area contributed by atoms with Gasteiger partial charge in [-0.1, -0.05) is 12.1 Å². The molecule has 0 atom stereocenters. The second-order valence-electron chi connectivity index (χ2n) is 3.14. The summed E-state index contributed by atoms with van der Waals surface area (Å²) in [6.45, 7) is 0.208. The van der Waals surface area contributed by atoms with Crippen LogP contribution < -0.4 is 9.47 Å². The van der Waals surface area contributed by atoms with Crippen molar-refractivity contribution < 1.29 is 22.4 Å². The van der Waals surface area contributed by atoms with Gasteiger partial charge in [0, 0.05) is 0 Å². The van der Waals surface area contributed by atoms with Gasteiger partial charge in [0.2, 0.25) is 0 Å². The van der Waals surface area contributed by atoms with Crippen LogP contribution >= 0.6 is 0 Å². The van der Waals surface area contributed by atoms with Crippen molar-refractivity contribution >= 4 is 10.1 Å². The second-order valence-corrected chi connectivity index (χ2v) is 4.71. The number of hydrogen-bond acceptors (Lipinski definition) is 4. The number of rotatable bonds is 6. The first-order valence-corrected chi connectivity index (χ1v) is 6.35. The summed E-state index contributed by atoms with van der Waals surface area (Å²) in [5, 5.41) is 0. The highest BCUT2D eigenvalue weighted by atomic mass is 32.2. The Balaban J connectivity index is 2.43. The summed E-state index contributed by atoms with van der Waals surface area (Å²) in [5.74, 6) is 0.844. The zero-order valence-electron chi connectivity index (χ0n) is 8.92. The van der Waals surface area contributed by atoms with E-state index in [2.05, 4.69) is 0 Å². The highest BCUT2D eigenvalue weighted by Gasteiger charge is 2.05. The normalized spacial score (nSPS) is 11.1. The van der Waals surface area contributed by atoms with Crippen LogP contribution in [0.3, 0.4) is 0 Å². The van der Waals surface area contributed by atoms with Crippen molar-refractivity contribution in [1.29, 1.82) is 0 Å². The van der Waals surface area contributed by atoms with E-state index in [1.54, 1.807) is 18.2 Å². The van der Waals surface area contributed by atoms with E-state index >= 15 is 0 Å². The van der Waals surface area contributed by atoms with Crippen molar-refractivity contribution in [3.63, 3.8) is 0 Å². The molecule has 1 rings (SSSR count). The minimum absolute atomic E-state index is 0.208. The van der Waals surface area contributed by atoms with Crippen LogP contribution in [0.5, 0.6) is 11.5 Å². The van der Waals surface area contributed by atoms with Crippen LogP contribution in [-0.4, -0.2) is 32.4 Å². The molecule has 0 spiro atoms. The van der Waals surface area contributed by atoms with Crippen molar-refractivity contribution in [3.8, 4) is 11.5 Å². The van der Waals surface area contributed by atoms with E-state index < -0.39 is 10.1 Å². The predicted molar refractivity (Wildman–Crippen MR) is 59.5 cm³/mol. The molecule has 0 heterocycles.